The first-order chi connectivity index (χ1) is 18.0. The van der Waals surface area contributed by atoms with E-state index in [9.17, 15) is 9.59 Å². The molecule has 190 valence electrons. The number of carbonyl (C=O) groups is 2. The standard InChI is InChI=1S/C30H32N4O2S/c1-23(2)34(30(36)31-26-16-10-5-11-17-26)21-28-32-27(22-37-28)29(35)33(20-25-14-8-4-9-15-25)19-18-24-12-6-3-7-13-24/h3-17,22-23H,18-21H2,1-2H3,(H,31,36). The molecule has 0 aliphatic rings. The highest BCUT2D eigenvalue weighted by Gasteiger charge is 2.22. The molecule has 0 bridgehead atoms. The Labute approximate surface area is 222 Å². The molecule has 3 aromatic carbocycles. The molecule has 1 heterocycles. The molecule has 0 radical (unpaired) electrons. The van der Waals surface area contributed by atoms with Gasteiger partial charge in [0, 0.05) is 30.2 Å². The number of hydrogen-bond acceptors (Lipinski definition) is 4. The van der Waals surface area contributed by atoms with E-state index in [4.69, 9.17) is 0 Å². The number of thiazole rings is 1. The molecule has 0 fully saturated rings. The van der Waals surface area contributed by atoms with Crippen LogP contribution in [0.15, 0.2) is 96.4 Å². The summed E-state index contributed by atoms with van der Waals surface area (Å²) in [5.41, 5.74) is 3.41. The summed E-state index contributed by atoms with van der Waals surface area (Å²) in [7, 11) is 0. The van der Waals surface area contributed by atoms with Gasteiger partial charge in [-0.25, -0.2) is 9.78 Å². The van der Waals surface area contributed by atoms with E-state index in [1.54, 1.807) is 10.3 Å². The van der Waals surface area contributed by atoms with E-state index < -0.39 is 0 Å². The van der Waals surface area contributed by atoms with Crippen LogP contribution in [0.3, 0.4) is 0 Å². The SMILES string of the molecule is CC(C)N(Cc1nc(C(=O)N(CCc2ccccc2)Cc2ccccc2)cs1)C(=O)Nc1ccccc1. The highest BCUT2D eigenvalue weighted by atomic mass is 32.1. The fourth-order valence-electron chi connectivity index (χ4n) is 3.96. The van der Waals surface area contributed by atoms with Crippen LogP contribution in [-0.2, 0) is 19.5 Å². The molecule has 7 heteroatoms. The van der Waals surface area contributed by atoms with Crippen molar-refractivity contribution in [2.24, 2.45) is 0 Å². The molecule has 0 aliphatic heterocycles. The number of aromatic nitrogens is 1. The first kappa shape index (κ1) is 26.1. The number of anilines is 1. The van der Waals surface area contributed by atoms with Crippen molar-refractivity contribution in [3.8, 4) is 0 Å². The Morgan fingerprint density at radius 2 is 1.43 bits per heavy atom. The van der Waals surface area contributed by atoms with Gasteiger partial charge in [0.05, 0.1) is 6.54 Å². The second-order valence-corrected chi connectivity index (χ2v) is 10.0. The summed E-state index contributed by atoms with van der Waals surface area (Å²) in [4.78, 5) is 34.7. The molecule has 0 unspecified atom stereocenters. The molecule has 37 heavy (non-hydrogen) atoms. The predicted octanol–water partition coefficient (Wildman–Crippen LogP) is 6.47. The zero-order valence-corrected chi connectivity index (χ0v) is 22.0. The van der Waals surface area contributed by atoms with Crippen LogP contribution in [0.25, 0.3) is 0 Å². The number of para-hydroxylation sites is 1. The summed E-state index contributed by atoms with van der Waals surface area (Å²) < 4.78 is 0. The largest absolute Gasteiger partial charge is 0.333 e. The Bertz CT molecular complexity index is 1280. The normalized spacial score (nSPS) is 10.8. The molecule has 1 aromatic heterocycles. The molecular weight excluding hydrogens is 480 g/mol. The Kier molecular flexibility index (Phi) is 9.05. The summed E-state index contributed by atoms with van der Waals surface area (Å²) >= 11 is 1.41. The number of amides is 3. The molecule has 3 amide bonds. The fraction of sp³-hybridized carbons (Fsp3) is 0.233. The number of nitrogens with one attached hydrogen (secondary N) is 1. The number of benzene rings is 3. The molecule has 0 atom stereocenters. The summed E-state index contributed by atoms with van der Waals surface area (Å²) in [6.07, 6.45) is 0.761. The topological polar surface area (TPSA) is 65.5 Å². The zero-order chi connectivity index (χ0) is 26.0. The van der Waals surface area contributed by atoms with Gasteiger partial charge in [-0.1, -0.05) is 78.9 Å². The minimum atomic E-state index is -0.196. The van der Waals surface area contributed by atoms with E-state index in [1.807, 2.05) is 97.6 Å². The van der Waals surface area contributed by atoms with Crippen LogP contribution in [0.1, 0.15) is 40.5 Å². The van der Waals surface area contributed by atoms with Gasteiger partial charge >= 0.3 is 6.03 Å². The highest BCUT2D eigenvalue weighted by molar-refractivity contribution is 7.09. The number of carbonyl (C=O) groups excluding carboxylic acids is 2. The van der Waals surface area contributed by atoms with Crippen molar-refractivity contribution in [2.45, 2.75) is 39.4 Å². The Morgan fingerprint density at radius 3 is 2.05 bits per heavy atom. The first-order valence-electron chi connectivity index (χ1n) is 12.4. The van der Waals surface area contributed by atoms with Crippen LogP contribution in [0.5, 0.6) is 0 Å². The van der Waals surface area contributed by atoms with E-state index in [2.05, 4.69) is 22.4 Å². The van der Waals surface area contributed by atoms with E-state index >= 15 is 0 Å². The van der Waals surface area contributed by atoms with Crippen molar-refractivity contribution < 1.29 is 9.59 Å². The maximum absolute atomic E-state index is 13.6. The van der Waals surface area contributed by atoms with Gasteiger partial charge in [-0.3, -0.25) is 4.79 Å². The first-order valence-corrected chi connectivity index (χ1v) is 13.3. The van der Waals surface area contributed by atoms with Crippen molar-refractivity contribution in [1.29, 1.82) is 0 Å². The summed E-state index contributed by atoms with van der Waals surface area (Å²) in [5.74, 6) is -0.105. The Hall–Kier alpha value is -3.97. The third-order valence-electron chi connectivity index (χ3n) is 6.00. The number of hydrogen-bond donors (Lipinski definition) is 1. The Balaban J connectivity index is 1.46. The molecule has 4 rings (SSSR count). The van der Waals surface area contributed by atoms with Crippen LogP contribution in [0.4, 0.5) is 10.5 Å². The molecule has 6 nitrogen and oxygen atoms in total. The molecule has 0 saturated heterocycles. The van der Waals surface area contributed by atoms with Gasteiger partial charge in [0.25, 0.3) is 5.91 Å². The van der Waals surface area contributed by atoms with E-state index in [-0.39, 0.29) is 18.0 Å². The van der Waals surface area contributed by atoms with Crippen LogP contribution in [0, 0.1) is 0 Å². The van der Waals surface area contributed by atoms with E-state index in [1.165, 1.54) is 16.9 Å². The maximum Gasteiger partial charge on any atom is 0.322 e. The summed E-state index contributed by atoms with van der Waals surface area (Å²) in [6, 6.07) is 29.3. The number of urea groups is 1. The molecule has 0 aliphatic carbocycles. The van der Waals surface area contributed by atoms with Gasteiger partial charge in [0.1, 0.15) is 10.7 Å². The molecule has 4 aromatic rings. The lowest BCUT2D eigenvalue weighted by molar-refractivity contribution is 0.0739. The average Bonchev–Trinajstić information content (AvgIpc) is 3.39. The Morgan fingerprint density at radius 1 is 0.838 bits per heavy atom. The fourth-order valence-corrected chi connectivity index (χ4v) is 4.73. The minimum absolute atomic E-state index is 0.0350. The lowest BCUT2D eigenvalue weighted by Crippen LogP contribution is -2.39. The van der Waals surface area contributed by atoms with Gasteiger partial charge in [-0.05, 0) is 43.5 Å². The number of nitrogens with zero attached hydrogens (tertiary/aromatic N) is 3. The van der Waals surface area contributed by atoms with Crippen molar-refractivity contribution in [1.82, 2.24) is 14.8 Å². The van der Waals surface area contributed by atoms with Gasteiger partial charge < -0.3 is 15.1 Å². The van der Waals surface area contributed by atoms with Crippen molar-refractivity contribution in [3.05, 3.63) is 118 Å². The smallest absolute Gasteiger partial charge is 0.322 e. The summed E-state index contributed by atoms with van der Waals surface area (Å²) in [5, 5.41) is 5.46. The molecule has 0 saturated carbocycles. The second kappa shape index (κ2) is 12.8. The van der Waals surface area contributed by atoms with Gasteiger partial charge in [-0.15, -0.1) is 11.3 Å². The minimum Gasteiger partial charge on any atom is -0.333 e. The highest BCUT2D eigenvalue weighted by Crippen LogP contribution is 2.19. The van der Waals surface area contributed by atoms with Crippen LogP contribution in [-0.4, -0.2) is 39.3 Å². The number of rotatable bonds is 10. The maximum atomic E-state index is 13.6. The lowest BCUT2D eigenvalue weighted by atomic mass is 10.1. The zero-order valence-electron chi connectivity index (χ0n) is 21.2. The van der Waals surface area contributed by atoms with Crippen LogP contribution < -0.4 is 5.32 Å². The van der Waals surface area contributed by atoms with Crippen molar-refractivity contribution in [2.75, 3.05) is 11.9 Å². The molecular formula is C30H32N4O2S. The van der Waals surface area contributed by atoms with Gasteiger partial charge in [-0.2, -0.15) is 0 Å². The van der Waals surface area contributed by atoms with Crippen LogP contribution in [0.2, 0.25) is 0 Å². The molecule has 0 spiro atoms. The van der Waals surface area contributed by atoms with Gasteiger partial charge in [0.15, 0.2) is 0 Å². The lowest BCUT2D eigenvalue weighted by Gasteiger charge is -2.26. The summed E-state index contributed by atoms with van der Waals surface area (Å²) in [6.45, 7) is 5.36. The molecule has 1 N–H and O–H groups in total. The predicted molar refractivity (Wildman–Crippen MR) is 150 cm³/mol. The monoisotopic (exact) mass is 512 g/mol. The van der Waals surface area contributed by atoms with Gasteiger partial charge in [0.2, 0.25) is 0 Å². The van der Waals surface area contributed by atoms with Crippen molar-refractivity contribution in [3.63, 3.8) is 0 Å². The third-order valence-corrected chi connectivity index (χ3v) is 6.84. The van der Waals surface area contributed by atoms with Crippen molar-refractivity contribution >= 4 is 29.0 Å². The quantitative estimate of drug-likeness (QED) is 0.265. The second-order valence-electron chi connectivity index (χ2n) is 9.09. The van der Waals surface area contributed by atoms with E-state index in [0.717, 1.165) is 22.7 Å². The average molecular weight is 513 g/mol. The van der Waals surface area contributed by atoms with E-state index in [0.29, 0.717) is 25.3 Å². The third kappa shape index (κ3) is 7.51. The van der Waals surface area contributed by atoms with Crippen LogP contribution >= 0.6 is 11.3 Å².